The molecular formula is C23H25NO2S. The maximum Gasteiger partial charge on any atom is 0.162 e. The lowest BCUT2D eigenvalue weighted by Gasteiger charge is -2.12. The molecule has 1 aliphatic carbocycles. The van der Waals surface area contributed by atoms with Gasteiger partial charge in [-0.25, -0.2) is 0 Å². The fraction of sp³-hybridized carbons (Fsp3) is 0.348. The summed E-state index contributed by atoms with van der Waals surface area (Å²) in [6, 6.07) is 12.7. The summed E-state index contributed by atoms with van der Waals surface area (Å²) in [5.74, 6) is 3.82. The van der Waals surface area contributed by atoms with E-state index in [0.717, 1.165) is 29.9 Å². The van der Waals surface area contributed by atoms with Crippen molar-refractivity contribution in [1.82, 2.24) is 5.32 Å². The summed E-state index contributed by atoms with van der Waals surface area (Å²) < 4.78 is 10.9. The molecule has 0 amide bonds. The van der Waals surface area contributed by atoms with E-state index in [1.807, 2.05) is 18.2 Å². The van der Waals surface area contributed by atoms with Gasteiger partial charge in [0.2, 0.25) is 0 Å². The van der Waals surface area contributed by atoms with Crippen molar-refractivity contribution in [1.29, 1.82) is 0 Å². The van der Waals surface area contributed by atoms with E-state index in [-0.39, 0.29) is 6.61 Å². The smallest absolute Gasteiger partial charge is 0.162 e. The highest BCUT2D eigenvalue weighted by Crippen LogP contribution is 2.28. The van der Waals surface area contributed by atoms with E-state index in [4.69, 9.17) is 28.1 Å². The lowest BCUT2D eigenvalue weighted by Crippen LogP contribution is -2.21. The minimum atomic E-state index is 0.229. The van der Waals surface area contributed by atoms with Crippen molar-refractivity contribution in [2.45, 2.75) is 38.6 Å². The first-order chi connectivity index (χ1) is 13.2. The van der Waals surface area contributed by atoms with Gasteiger partial charge in [-0.2, -0.15) is 0 Å². The fourth-order valence-electron chi connectivity index (χ4n) is 3.39. The van der Waals surface area contributed by atoms with Crippen LogP contribution in [0.4, 0.5) is 0 Å². The highest BCUT2D eigenvalue weighted by Gasteiger charge is 2.11. The van der Waals surface area contributed by atoms with Gasteiger partial charge >= 0.3 is 0 Å². The van der Waals surface area contributed by atoms with Crippen LogP contribution in [0.5, 0.6) is 11.5 Å². The maximum atomic E-state index is 5.51. The van der Waals surface area contributed by atoms with Gasteiger partial charge in [0.15, 0.2) is 11.5 Å². The summed E-state index contributed by atoms with van der Waals surface area (Å²) in [7, 11) is 1.63. The van der Waals surface area contributed by atoms with Crippen molar-refractivity contribution < 1.29 is 9.47 Å². The fourth-order valence-corrected chi connectivity index (χ4v) is 3.56. The third kappa shape index (κ3) is 5.24. The summed E-state index contributed by atoms with van der Waals surface area (Å²) >= 11 is 5.51. The van der Waals surface area contributed by atoms with Crippen LogP contribution in [-0.4, -0.2) is 18.7 Å². The van der Waals surface area contributed by atoms with Gasteiger partial charge in [0, 0.05) is 13.0 Å². The number of fused-ring (bicyclic) bond motifs is 1. The van der Waals surface area contributed by atoms with Crippen LogP contribution < -0.4 is 14.8 Å². The Morgan fingerprint density at radius 2 is 1.93 bits per heavy atom. The molecule has 0 aromatic heterocycles. The second-order valence-electron chi connectivity index (χ2n) is 6.71. The second-order valence-corrected chi connectivity index (χ2v) is 7.20. The molecule has 0 fully saturated rings. The Balaban J connectivity index is 1.49. The van der Waals surface area contributed by atoms with Crippen molar-refractivity contribution >= 4 is 17.2 Å². The average Bonchev–Trinajstić information content (AvgIpc) is 3.17. The third-order valence-corrected chi connectivity index (χ3v) is 5.18. The van der Waals surface area contributed by atoms with Gasteiger partial charge < -0.3 is 14.8 Å². The first kappa shape index (κ1) is 19.3. The van der Waals surface area contributed by atoms with E-state index in [1.54, 1.807) is 7.11 Å². The van der Waals surface area contributed by atoms with Crippen LogP contribution >= 0.6 is 12.2 Å². The molecular weight excluding hydrogens is 354 g/mol. The van der Waals surface area contributed by atoms with Gasteiger partial charge in [-0.1, -0.05) is 42.4 Å². The van der Waals surface area contributed by atoms with E-state index in [9.17, 15) is 0 Å². The number of thiocarbonyl (C=S) groups is 1. The van der Waals surface area contributed by atoms with E-state index < -0.39 is 0 Å². The summed E-state index contributed by atoms with van der Waals surface area (Å²) in [6.07, 6.45) is 10.6. The topological polar surface area (TPSA) is 30.5 Å². The van der Waals surface area contributed by atoms with E-state index in [1.165, 1.54) is 36.0 Å². The number of ether oxygens (including phenoxy) is 2. The molecule has 2 aromatic carbocycles. The molecule has 0 radical (unpaired) electrons. The van der Waals surface area contributed by atoms with E-state index >= 15 is 0 Å². The van der Waals surface area contributed by atoms with Crippen molar-refractivity contribution in [2.75, 3.05) is 13.7 Å². The van der Waals surface area contributed by atoms with Crippen LogP contribution in [0.15, 0.2) is 36.4 Å². The van der Waals surface area contributed by atoms with Gasteiger partial charge in [0.25, 0.3) is 0 Å². The predicted molar refractivity (Wildman–Crippen MR) is 114 cm³/mol. The molecule has 4 heteroatoms. The van der Waals surface area contributed by atoms with Gasteiger partial charge in [0.05, 0.1) is 12.1 Å². The molecule has 3 rings (SSSR count). The van der Waals surface area contributed by atoms with Crippen molar-refractivity contribution in [2.24, 2.45) is 0 Å². The Morgan fingerprint density at radius 1 is 1.11 bits per heavy atom. The van der Waals surface area contributed by atoms with Crippen LogP contribution in [0.1, 0.15) is 35.1 Å². The molecule has 0 atom stereocenters. The highest BCUT2D eigenvalue weighted by molar-refractivity contribution is 7.80. The first-order valence-corrected chi connectivity index (χ1v) is 9.71. The van der Waals surface area contributed by atoms with E-state index in [2.05, 4.69) is 29.4 Å². The average molecular weight is 380 g/mol. The van der Waals surface area contributed by atoms with Gasteiger partial charge in [-0.3, -0.25) is 0 Å². The van der Waals surface area contributed by atoms with Crippen molar-refractivity contribution in [3.8, 4) is 23.8 Å². The van der Waals surface area contributed by atoms with Gasteiger partial charge in [0.1, 0.15) is 6.61 Å². The molecule has 1 N–H and O–H groups in total. The number of benzene rings is 2. The number of terminal acetylenes is 1. The van der Waals surface area contributed by atoms with Crippen molar-refractivity contribution in [3.05, 3.63) is 58.7 Å². The molecule has 0 heterocycles. The highest BCUT2D eigenvalue weighted by atomic mass is 32.1. The summed E-state index contributed by atoms with van der Waals surface area (Å²) in [4.78, 5) is 0.877. The second kappa shape index (κ2) is 9.43. The number of hydrogen-bond donors (Lipinski definition) is 1. The quantitative estimate of drug-likeness (QED) is 0.549. The molecule has 3 nitrogen and oxygen atoms in total. The molecule has 0 saturated carbocycles. The zero-order chi connectivity index (χ0) is 19.1. The van der Waals surface area contributed by atoms with Gasteiger partial charge in [-0.15, -0.1) is 6.42 Å². The maximum absolute atomic E-state index is 5.51. The Morgan fingerprint density at radius 3 is 2.74 bits per heavy atom. The number of aryl methyl sites for hydroxylation is 3. The molecule has 140 valence electrons. The SMILES string of the molecule is C#CCOc1ccc(CCC(=S)NCc2ccc3c(c2)CCC3)cc1OC. The summed E-state index contributed by atoms with van der Waals surface area (Å²) in [5, 5.41) is 3.38. The number of methoxy groups -OCH3 is 1. The number of nitrogens with one attached hydrogen (secondary N) is 1. The molecule has 0 saturated heterocycles. The van der Waals surface area contributed by atoms with Crippen LogP contribution in [0, 0.1) is 12.3 Å². The molecule has 2 aromatic rings. The molecule has 0 bridgehead atoms. The summed E-state index contributed by atoms with van der Waals surface area (Å²) in [5.41, 5.74) is 5.46. The molecule has 0 spiro atoms. The zero-order valence-corrected chi connectivity index (χ0v) is 16.5. The standard InChI is InChI=1S/C23H25NO2S/c1-3-13-26-21-11-8-17(15-22(21)25-2)9-12-23(27)24-16-18-7-10-19-5-4-6-20(19)14-18/h1,7-8,10-11,14-15H,4-6,9,12-13,16H2,2H3,(H,24,27). The lowest BCUT2D eigenvalue weighted by atomic mass is 10.1. The summed E-state index contributed by atoms with van der Waals surface area (Å²) in [6.45, 7) is 1.01. The minimum Gasteiger partial charge on any atom is -0.493 e. The Hall–Kier alpha value is -2.51. The van der Waals surface area contributed by atoms with Crippen LogP contribution in [-0.2, 0) is 25.8 Å². The molecule has 1 aliphatic rings. The predicted octanol–water partition coefficient (Wildman–Crippen LogP) is 4.25. The van der Waals surface area contributed by atoms with Crippen LogP contribution in [0.25, 0.3) is 0 Å². The Kier molecular flexibility index (Phi) is 6.73. The molecule has 0 aliphatic heterocycles. The van der Waals surface area contributed by atoms with Gasteiger partial charge in [-0.05, 0) is 60.1 Å². The lowest BCUT2D eigenvalue weighted by molar-refractivity contribution is 0.330. The van der Waals surface area contributed by atoms with Crippen LogP contribution in [0.2, 0.25) is 0 Å². The largest absolute Gasteiger partial charge is 0.493 e. The zero-order valence-electron chi connectivity index (χ0n) is 15.7. The normalized spacial score (nSPS) is 12.1. The monoisotopic (exact) mass is 379 g/mol. The first-order valence-electron chi connectivity index (χ1n) is 9.30. The third-order valence-electron chi connectivity index (χ3n) is 4.83. The molecule has 27 heavy (non-hydrogen) atoms. The Bertz CT molecular complexity index is 854. The number of rotatable bonds is 8. The number of hydrogen-bond acceptors (Lipinski definition) is 3. The minimum absolute atomic E-state index is 0.229. The van der Waals surface area contributed by atoms with Crippen molar-refractivity contribution in [3.63, 3.8) is 0 Å². The molecule has 0 unspecified atom stereocenters. The van der Waals surface area contributed by atoms with E-state index in [0.29, 0.717) is 11.5 Å². The Labute approximate surface area is 167 Å². The van der Waals surface area contributed by atoms with Crippen LogP contribution in [0.3, 0.4) is 0 Å².